The second kappa shape index (κ2) is 4.33. The fourth-order valence-corrected chi connectivity index (χ4v) is 2.55. The molecule has 1 aromatic heterocycles. The second-order valence-corrected chi connectivity index (χ2v) is 6.96. The van der Waals surface area contributed by atoms with Gasteiger partial charge in [-0.1, -0.05) is 38.1 Å². The molecule has 0 radical (unpaired) electrons. The first-order chi connectivity index (χ1) is 9.39. The quantitative estimate of drug-likeness (QED) is 0.870. The van der Waals surface area contributed by atoms with Crippen molar-refractivity contribution in [1.82, 2.24) is 10.1 Å². The highest BCUT2D eigenvalue weighted by Gasteiger charge is 2.50. The zero-order chi connectivity index (χ0) is 14.4. The molecule has 1 aliphatic rings. The van der Waals surface area contributed by atoms with Crippen LogP contribution >= 0.6 is 0 Å². The number of hydrogen-bond acceptors (Lipinski definition) is 4. The smallest absolute Gasteiger partial charge is 0.237 e. The van der Waals surface area contributed by atoms with Gasteiger partial charge in [0.1, 0.15) is 0 Å². The molecule has 0 atom stereocenters. The number of nitrogens with two attached hydrogens (primary N) is 1. The van der Waals surface area contributed by atoms with Crippen LogP contribution in [0.2, 0.25) is 0 Å². The lowest BCUT2D eigenvalue weighted by molar-refractivity contribution is 0.343. The van der Waals surface area contributed by atoms with Crippen LogP contribution < -0.4 is 5.73 Å². The van der Waals surface area contributed by atoms with Gasteiger partial charge in [-0.2, -0.15) is 4.98 Å². The lowest BCUT2D eigenvalue weighted by atomic mass is 9.92. The Hall–Kier alpha value is -1.84. The van der Waals surface area contributed by atoms with Crippen molar-refractivity contribution < 1.29 is 4.52 Å². The van der Waals surface area contributed by atoms with E-state index in [1.165, 1.54) is 5.56 Å². The first-order valence-corrected chi connectivity index (χ1v) is 7.08. The summed E-state index contributed by atoms with van der Waals surface area (Å²) in [5.41, 5.74) is 7.85. The molecule has 0 spiro atoms. The predicted molar refractivity (Wildman–Crippen MR) is 78.3 cm³/mol. The van der Waals surface area contributed by atoms with Gasteiger partial charge in [0.15, 0.2) is 5.82 Å². The third kappa shape index (κ3) is 2.42. The number of nitrogen functional groups attached to an aromatic ring is 1. The summed E-state index contributed by atoms with van der Waals surface area (Å²) >= 11 is 0. The lowest BCUT2D eigenvalue weighted by Gasteiger charge is -2.14. The van der Waals surface area contributed by atoms with Crippen LogP contribution in [0.3, 0.4) is 0 Å². The molecule has 3 rings (SSSR count). The topological polar surface area (TPSA) is 64.9 Å². The van der Waals surface area contributed by atoms with Crippen LogP contribution in [0.15, 0.2) is 28.8 Å². The summed E-state index contributed by atoms with van der Waals surface area (Å²) in [4.78, 5) is 4.62. The number of nitrogens with zero attached hydrogens (tertiary/aromatic N) is 2. The first-order valence-electron chi connectivity index (χ1n) is 7.08. The van der Waals surface area contributed by atoms with Gasteiger partial charge in [-0.3, -0.25) is 0 Å². The number of hydrogen-bond donors (Lipinski definition) is 1. The average Bonchev–Trinajstić information content (AvgIpc) is 3.04. The Kier molecular flexibility index (Phi) is 2.85. The van der Waals surface area contributed by atoms with Gasteiger partial charge in [-0.15, -0.1) is 0 Å². The van der Waals surface area contributed by atoms with Gasteiger partial charge in [-0.25, -0.2) is 0 Å². The van der Waals surface area contributed by atoms with Gasteiger partial charge in [0, 0.05) is 12.1 Å². The molecule has 0 aliphatic heterocycles. The van der Waals surface area contributed by atoms with Gasteiger partial charge in [0.05, 0.1) is 5.41 Å². The predicted octanol–water partition coefficient (Wildman–Crippen LogP) is 3.32. The van der Waals surface area contributed by atoms with Crippen LogP contribution in [0.4, 0.5) is 5.69 Å². The fraction of sp³-hybridized carbons (Fsp3) is 0.500. The van der Waals surface area contributed by atoms with Crippen LogP contribution in [0.5, 0.6) is 0 Å². The SMILES string of the molecule is CC(C)(C)Cc1noc(C2(c3ccc(N)cc3)CC2)n1. The Morgan fingerprint density at radius 2 is 1.85 bits per heavy atom. The Bertz CT molecular complexity index is 603. The molecule has 4 nitrogen and oxygen atoms in total. The van der Waals surface area contributed by atoms with Crippen LogP contribution in [0.25, 0.3) is 0 Å². The molecule has 0 bridgehead atoms. The minimum absolute atomic E-state index is 0.0726. The third-order valence-corrected chi connectivity index (χ3v) is 3.78. The summed E-state index contributed by atoms with van der Waals surface area (Å²) in [6, 6.07) is 8.00. The van der Waals surface area contributed by atoms with Gasteiger partial charge >= 0.3 is 0 Å². The second-order valence-electron chi connectivity index (χ2n) is 6.96. The molecule has 1 aromatic carbocycles. The molecule has 0 amide bonds. The van der Waals surface area contributed by atoms with Crippen molar-refractivity contribution in [2.24, 2.45) is 5.41 Å². The fourth-order valence-electron chi connectivity index (χ4n) is 2.55. The summed E-state index contributed by atoms with van der Waals surface area (Å²) in [7, 11) is 0. The Morgan fingerprint density at radius 3 is 2.40 bits per heavy atom. The van der Waals surface area contributed by atoms with Crippen molar-refractivity contribution in [2.75, 3.05) is 5.73 Å². The Morgan fingerprint density at radius 1 is 1.20 bits per heavy atom. The first kappa shape index (κ1) is 13.2. The van der Waals surface area contributed by atoms with E-state index in [-0.39, 0.29) is 10.8 Å². The molecule has 4 heteroatoms. The van der Waals surface area contributed by atoms with Crippen molar-refractivity contribution in [3.8, 4) is 0 Å². The molecule has 0 unspecified atom stereocenters. The van der Waals surface area contributed by atoms with E-state index in [1.54, 1.807) is 0 Å². The molecule has 0 saturated heterocycles. The highest BCUT2D eigenvalue weighted by atomic mass is 16.5. The van der Waals surface area contributed by atoms with E-state index in [0.717, 1.165) is 36.7 Å². The molecule has 1 fully saturated rings. The zero-order valence-corrected chi connectivity index (χ0v) is 12.3. The van der Waals surface area contributed by atoms with Crippen LogP contribution in [0.1, 0.15) is 50.9 Å². The lowest BCUT2D eigenvalue weighted by Crippen LogP contribution is -2.12. The van der Waals surface area contributed by atoms with Crippen molar-refractivity contribution >= 4 is 5.69 Å². The maximum Gasteiger partial charge on any atom is 0.237 e. The zero-order valence-electron chi connectivity index (χ0n) is 12.3. The molecule has 106 valence electrons. The van der Waals surface area contributed by atoms with Crippen molar-refractivity contribution in [3.05, 3.63) is 41.5 Å². The van der Waals surface area contributed by atoms with Crippen molar-refractivity contribution in [1.29, 1.82) is 0 Å². The highest BCUT2D eigenvalue weighted by molar-refractivity contribution is 5.45. The van der Waals surface area contributed by atoms with E-state index in [2.05, 4.69) is 43.0 Å². The van der Waals surface area contributed by atoms with Gasteiger partial charge in [-0.05, 0) is 36.0 Å². The van der Waals surface area contributed by atoms with Gasteiger partial charge in [0.2, 0.25) is 5.89 Å². The molecule has 1 heterocycles. The summed E-state index contributed by atoms with van der Waals surface area (Å²) in [5.74, 6) is 1.55. The summed E-state index contributed by atoms with van der Waals surface area (Å²) in [6.45, 7) is 6.53. The molecular formula is C16H21N3O. The molecule has 20 heavy (non-hydrogen) atoms. The maximum atomic E-state index is 5.75. The Labute approximate surface area is 119 Å². The van der Waals surface area contributed by atoms with E-state index in [4.69, 9.17) is 10.3 Å². The summed E-state index contributed by atoms with van der Waals surface area (Å²) < 4.78 is 5.53. The van der Waals surface area contributed by atoms with E-state index >= 15 is 0 Å². The number of anilines is 1. The van der Waals surface area contributed by atoms with Crippen LogP contribution in [0, 0.1) is 5.41 Å². The van der Waals surface area contributed by atoms with E-state index in [1.807, 2.05) is 12.1 Å². The van der Waals surface area contributed by atoms with Crippen LogP contribution in [-0.4, -0.2) is 10.1 Å². The average molecular weight is 271 g/mol. The number of benzene rings is 1. The number of rotatable bonds is 3. The standard InChI is InChI=1S/C16H21N3O/c1-15(2,3)10-13-18-14(20-19-13)16(8-9-16)11-4-6-12(17)7-5-11/h4-7H,8-10,17H2,1-3H3. The Balaban J connectivity index is 1.87. The minimum atomic E-state index is -0.0726. The normalized spacial score (nSPS) is 17.1. The molecule has 1 saturated carbocycles. The molecule has 2 N–H and O–H groups in total. The molecule has 1 aliphatic carbocycles. The van der Waals surface area contributed by atoms with E-state index in [9.17, 15) is 0 Å². The van der Waals surface area contributed by atoms with Crippen molar-refractivity contribution in [3.63, 3.8) is 0 Å². The molecular weight excluding hydrogens is 250 g/mol. The molecule has 2 aromatic rings. The van der Waals surface area contributed by atoms with Crippen molar-refractivity contribution in [2.45, 2.75) is 45.4 Å². The van der Waals surface area contributed by atoms with E-state index in [0.29, 0.717) is 0 Å². The van der Waals surface area contributed by atoms with Gasteiger partial charge < -0.3 is 10.3 Å². The van der Waals surface area contributed by atoms with Crippen LogP contribution in [-0.2, 0) is 11.8 Å². The monoisotopic (exact) mass is 271 g/mol. The summed E-state index contributed by atoms with van der Waals surface area (Å²) in [5, 5.41) is 4.14. The highest BCUT2D eigenvalue weighted by Crippen LogP contribution is 2.52. The van der Waals surface area contributed by atoms with E-state index < -0.39 is 0 Å². The third-order valence-electron chi connectivity index (χ3n) is 3.78. The largest absolute Gasteiger partial charge is 0.399 e. The number of aromatic nitrogens is 2. The van der Waals surface area contributed by atoms with Gasteiger partial charge in [0.25, 0.3) is 0 Å². The maximum absolute atomic E-state index is 5.75. The minimum Gasteiger partial charge on any atom is -0.399 e. The summed E-state index contributed by atoms with van der Waals surface area (Å²) in [6.07, 6.45) is 2.95.